The highest BCUT2D eigenvalue weighted by Gasteiger charge is 2.07. The summed E-state index contributed by atoms with van der Waals surface area (Å²) in [5.74, 6) is 0. The molecule has 0 fully saturated rings. The van der Waals surface area contributed by atoms with Gasteiger partial charge in [0.05, 0.1) is 12.6 Å². The van der Waals surface area contributed by atoms with Crippen LogP contribution >= 0.6 is 0 Å². The van der Waals surface area contributed by atoms with Crippen molar-refractivity contribution in [1.82, 2.24) is 4.90 Å². The largest absolute Gasteiger partial charge is 0.396 e. The quantitative estimate of drug-likeness (QED) is 0.477. The lowest BCUT2D eigenvalue weighted by atomic mass is 10.2. The second-order valence-corrected chi connectivity index (χ2v) is 3.86. The van der Waals surface area contributed by atoms with Crippen molar-refractivity contribution in [3.8, 4) is 6.07 Å². The molecule has 0 aromatic rings. The summed E-state index contributed by atoms with van der Waals surface area (Å²) in [5.41, 5.74) is 0. The lowest BCUT2D eigenvalue weighted by Crippen LogP contribution is -2.32. The molecule has 0 aliphatic heterocycles. The van der Waals surface area contributed by atoms with Crippen LogP contribution in [0.1, 0.15) is 39.5 Å². The van der Waals surface area contributed by atoms with Gasteiger partial charge in [-0.2, -0.15) is 5.26 Å². The topological polar surface area (TPSA) is 47.3 Å². The minimum Gasteiger partial charge on any atom is -0.396 e. The van der Waals surface area contributed by atoms with Crippen molar-refractivity contribution < 1.29 is 5.11 Å². The van der Waals surface area contributed by atoms with Crippen LogP contribution in [0.5, 0.6) is 0 Å². The van der Waals surface area contributed by atoms with Crippen molar-refractivity contribution in [3.05, 3.63) is 0 Å². The molecule has 0 saturated carbocycles. The summed E-state index contributed by atoms with van der Waals surface area (Å²) >= 11 is 0. The highest BCUT2D eigenvalue weighted by atomic mass is 16.2. The Balaban J connectivity index is 3.47. The van der Waals surface area contributed by atoms with Crippen molar-refractivity contribution >= 4 is 0 Å². The molecule has 0 heterocycles. The van der Waals surface area contributed by atoms with E-state index >= 15 is 0 Å². The fourth-order valence-corrected chi connectivity index (χ4v) is 1.39. The second-order valence-electron chi connectivity index (χ2n) is 3.86. The van der Waals surface area contributed by atoms with E-state index in [9.17, 15) is 0 Å². The van der Waals surface area contributed by atoms with Gasteiger partial charge in [0.1, 0.15) is 0 Å². The third-order valence-electron chi connectivity index (χ3n) is 2.36. The van der Waals surface area contributed by atoms with Crippen LogP contribution < -0.4 is 0 Å². The van der Waals surface area contributed by atoms with Gasteiger partial charge in [0.15, 0.2) is 0 Å². The van der Waals surface area contributed by atoms with Gasteiger partial charge >= 0.3 is 0 Å². The van der Waals surface area contributed by atoms with Gasteiger partial charge in [0, 0.05) is 12.6 Å². The minimum absolute atomic E-state index is 0.298. The van der Waals surface area contributed by atoms with E-state index in [1.807, 2.05) is 0 Å². The summed E-state index contributed by atoms with van der Waals surface area (Å²) in [6, 6.07) is 2.64. The van der Waals surface area contributed by atoms with E-state index in [2.05, 4.69) is 24.8 Å². The Kier molecular flexibility index (Phi) is 8.61. The van der Waals surface area contributed by atoms with Crippen molar-refractivity contribution in [2.24, 2.45) is 0 Å². The third kappa shape index (κ3) is 6.88. The molecule has 82 valence electrons. The van der Waals surface area contributed by atoms with Crippen LogP contribution in [0.3, 0.4) is 0 Å². The van der Waals surface area contributed by atoms with Gasteiger partial charge in [0.2, 0.25) is 0 Å². The molecule has 0 bridgehead atoms. The van der Waals surface area contributed by atoms with E-state index < -0.39 is 0 Å². The third-order valence-corrected chi connectivity index (χ3v) is 2.36. The maximum atomic E-state index is 8.60. The summed E-state index contributed by atoms with van der Waals surface area (Å²) in [7, 11) is 0. The number of rotatable bonds is 8. The fraction of sp³-hybridized carbons (Fsp3) is 0.909. The Hall–Kier alpha value is -0.590. The predicted octanol–water partition coefficient (Wildman–Crippen LogP) is 1.77. The molecule has 3 heteroatoms. The summed E-state index contributed by atoms with van der Waals surface area (Å²) < 4.78 is 0. The van der Waals surface area contributed by atoms with E-state index in [4.69, 9.17) is 10.4 Å². The number of unbranched alkanes of at least 4 members (excludes halogenated alkanes) is 3. The molecule has 0 atom stereocenters. The van der Waals surface area contributed by atoms with Crippen molar-refractivity contribution in [1.29, 1.82) is 5.26 Å². The van der Waals surface area contributed by atoms with Crippen LogP contribution in [0, 0.1) is 11.3 Å². The first-order valence-electron chi connectivity index (χ1n) is 5.44. The molecule has 0 rings (SSSR count). The number of hydrogen-bond donors (Lipinski definition) is 1. The van der Waals surface area contributed by atoms with Crippen LogP contribution in [0.15, 0.2) is 0 Å². The predicted molar refractivity (Wildman–Crippen MR) is 57.9 cm³/mol. The zero-order valence-corrected chi connectivity index (χ0v) is 9.37. The Bertz CT molecular complexity index is 163. The number of nitriles is 1. The molecule has 1 N–H and O–H groups in total. The molecular formula is C11H22N2O. The number of nitrogens with zero attached hydrogens (tertiary/aromatic N) is 2. The molecule has 0 saturated heterocycles. The van der Waals surface area contributed by atoms with Gasteiger partial charge in [0.25, 0.3) is 0 Å². The molecule has 0 unspecified atom stereocenters. The van der Waals surface area contributed by atoms with Crippen LogP contribution in [-0.4, -0.2) is 35.7 Å². The zero-order chi connectivity index (χ0) is 10.8. The monoisotopic (exact) mass is 198 g/mol. The van der Waals surface area contributed by atoms with Crippen LogP contribution in [0.25, 0.3) is 0 Å². The number of aliphatic hydroxyl groups is 1. The van der Waals surface area contributed by atoms with Gasteiger partial charge in [-0.15, -0.1) is 0 Å². The standard InChI is InChI=1S/C11H22N2O/c1-11(2)13(9-7-12)8-5-3-4-6-10-14/h11,14H,3-6,8-10H2,1-2H3. The Morgan fingerprint density at radius 3 is 2.36 bits per heavy atom. The van der Waals surface area contributed by atoms with Gasteiger partial charge in [-0.25, -0.2) is 0 Å². The Labute approximate surface area is 87.3 Å². The first kappa shape index (κ1) is 13.4. The van der Waals surface area contributed by atoms with Gasteiger partial charge in [-0.3, -0.25) is 4.90 Å². The second kappa shape index (κ2) is 8.98. The lowest BCUT2D eigenvalue weighted by molar-refractivity contribution is 0.239. The van der Waals surface area contributed by atoms with Crippen LogP contribution in [0.2, 0.25) is 0 Å². The number of aliphatic hydroxyl groups excluding tert-OH is 1. The molecule has 14 heavy (non-hydrogen) atoms. The number of hydrogen-bond acceptors (Lipinski definition) is 3. The maximum absolute atomic E-state index is 8.60. The lowest BCUT2D eigenvalue weighted by Gasteiger charge is -2.23. The summed E-state index contributed by atoms with van der Waals surface area (Å²) in [5, 5.41) is 17.2. The maximum Gasteiger partial charge on any atom is 0.0868 e. The van der Waals surface area contributed by atoms with Crippen molar-refractivity contribution in [3.63, 3.8) is 0 Å². The molecule has 0 aliphatic rings. The van der Waals surface area contributed by atoms with Crippen LogP contribution in [-0.2, 0) is 0 Å². The van der Waals surface area contributed by atoms with E-state index in [1.54, 1.807) is 0 Å². The smallest absolute Gasteiger partial charge is 0.0868 e. The van der Waals surface area contributed by atoms with E-state index in [1.165, 1.54) is 0 Å². The molecule has 0 aromatic carbocycles. The molecule has 0 radical (unpaired) electrons. The molecule has 0 spiro atoms. The molecule has 0 aromatic heterocycles. The van der Waals surface area contributed by atoms with Gasteiger partial charge < -0.3 is 5.11 Å². The average molecular weight is 198 g/mol. The summed E-state index contributed by atoms with van der Waals surface area (Å²) in [4.78, 5) is 2.18. The van der Waals surface area contributed by atoms with Crippen molar-refractivity contribution in [2.75, 3.05) is 19.7 Å². The normalized spacial score (nSPS) is 10.9. The Morgan fingerprint density at radius 1 is 1.21 bits per heavy atom. The molecular weight excluding hydrogens is 176 g/mol. The molecule has 3 nitrogen and oxygen atoms in total. The highest BCUT2D eigenvalue weighted by Crippen LogP contribution is 2.04. The van der Waals surface area contributed by atoms with E-state index in [0.717, 1.165) is 32.2 Å². The first-order valence-corrected chi connectivity index (χ1v) is 5.44. The summed E-state index contributed by atoms with van der Waals surface area (Å²) in [6.07, 6.45) is 4.27. The van der Waals surface area contributed by atoms with Gasteiger partial charge in [-0.1, -0.05) is 12.8 Å². The fourth-order valence-electron chi connectivity index (χ4n) is 1.39. The highest BCUT2D eigenvalue weighted by molar-refractivity contribution is 4.78. The van der Waals surface area contributed by atoms with Crippen molar-refractivity contribution in [2.45, 2.75) is 45.6 Å². The van der Waals surface area contributed by atoms with E-state index in [-0.39, 0.29) is 0 Å². The Morgan fingerprint density at radius 2 is 1.86 bits per heavy atom. The zero-order valence-electron chi connectivity index (χ0n) is 9.37. The van der Waals surface area contributed by atoms with Crippen LogP contribution in [0.4, 0.5) is 0 Å². The average Bonchev–Trinajstić information content (AvgIpc) is 2.15. The minimum atomic E-state index is 0.298. The van der Waals surface area contributed by atoms with E-state index in [0.29, 0.717) is 19.2 Å². The van der Waals surface area contributed by atoms with Gasteiger partial charge in [-0.05, 0) is 33.2 Å². The molecule has 0 amide bonds. The SMILES string of the molecule is CC(C)N(CC#N)CCCCCCO. The first-order chi connectivity index (χ1) is 6.72. The molecule has 0 aliphatic carbocycles. The summed E-state index contributed by atoms with van der Waals surface area (Å²) in [6.45, 7) is 6.05.